The van der Waals surface area contributed by atoms with E-state index in [9.17, 15) is 22.8 Å². The van der Waals surface area contributed by atoms with Gasteiger partial charge in [0.1, 0.15) is 23.1 Å². The van der Waals surface area contributed by atoms with Crippen LogP contribution in [-0.4, -0.2) is 63.9 Å². The zero-order chi connectivity index (χ0) is 30.5. The molecule has 0 bridgehead atoms. The van der Waals surface area contributed by atoms with Crippen molar-refractivity contribution in [1.82, 2.24) is 10.6 Å². The first-order chi connectivity index (χ1) is 19.3. The molecule has 0 saturated heterocycles. The molecule has 12 heteroatoms. The van der Waals surface area contributed by atoms with Gasteiger partial charge in [-0.25, -0.2) is 13.6 Å². The summed E-state index contributed by atoms with van der Waals surface area (Å²) in [5.41, 5.74) is 0.0604. The van der Waals surface area contributed by atoms with Gasteiger partial charge in [-0.15, -0.1) is 0 Å². The van der Waals surface area contributed by atoms with Gasteiger partial charge in [-0.2, -0.15) is 0 Å². The number of nitrogens with one attached hydrogen (secondary N) is 2. The van der Waals surface area contributed by atoms with E-state index in [0.29, 0.717) is 30.9 Å². The lowest BCUT2D eigenvalue weighted by Crippen LogP contribution is -2.50. The van der Waals surface area contributed by atoms with Gasteiger partial charge in [-0.1, -0.05) is 30.3 Å². The summed E-state index contributed by atoms with van der Waals surface area (Å²) in [5.74, 6) is -1.50. The average molecular weight is 592 g/mol. The van der Waals surface area contributed by atoms with E-state index in [1.54, 1.807) is 64.3 Å². The molecule has 0 heterocycles. The van der Waals surface area contributed by atoms with Crippen molar-refractivity contribution in [3.05, 3.63) is 60.2 Å². The van der Waals surface area contributed by atoms with E-state index in [1.165, 1.54) is 0 Å². The number of hydrogen-bond donors (Lipinski definition) is 3. The number of methoxy groups -OCH3 is 1. The maximum Gasteiger partial charge on any atom is 0.307 e. The van der Waals surface area contributed by atoms with Gasteiger partial charge in [0.2, 0.25) is 21.8 Å². The van der Waals surface area contributed by atoms with Crippen LogP contribution in [0.4, 0.5) is 0 Å². The predicted molar refractivity (Wildman–Crippen MR) is 155 cm³/mol. The third-order valence-electron chi connectivity index (χ3n) is 5.83. The number of carbonyl (C=O) groups excluding carboxylic acids is 3. The number of amides is 2. The zero-order valence-electron chi connectivity index (χ0n) is 24.1. The van der Waals surface area contributed by atoms with Crippen molar-refractivity contribution in [3.8, 4) is 11.5 Å². The molecule has 0 saturated carbocycles. The van der Waals surface area contributed by atoms with Crippen LogP contribution in [0.1, 0.15) is 45.6 Å². The predicted octanol–water partition coefficient (Wildman–Crippen LogP) is 2.33. The van der Waals surface area contributed by atoms with Crippen molar-refractivity contribution in [2.75, 3.05) is 26.0 Å². The highest BCUT2D eigenvalue weighted by molar-refractivity contribution is 7.89. The van der Waals surface area contributed by atoms with Crippen molar-refractivity contribution < 1.29 is 37.0 Å². The van der Waals surface area contributed by atoms with Crippen LogP contribution in [0.2, 0.25) is 0 Å². The minimum atomic E-state index is -3.78. The highest BCUT2D eigenvalue weighted by Gasteiger charge is 2.29. The monoisotopic (exact) mass is 591 g/mol. The molecule has 2 amide bonds. The van der Waals surface area contributed by atoms with Crippen molar-refractivity contribution in [3.63, 3.8) is 0 Å². The smallest absolute Gasteiger partial charge is 0.307 e. The van der Waals surface area contributed by atoms with Gasteiger partial charge < -0.3 is 24.8 Å². The van der Waals surface area contributed by atoms with Crippen LogP contribution in [0.15, 0.2) is 54.6 Å². The first-order valence-corrected chi connectivity index (χ1v) is 15.1. The number of primary sulfonamides is 1. The molecule has 41 heavy (non-hydrogen) atoms. The standard InChI is InChI=1S/C29H41N3O8S/c1-29(2,3)40-26(33)20-22(11-8-17-39-24-14-12-23(38-4)13-15-24)27(34)32-25(19-21-9-6-5-7-10-21)28(35)31-16-18-41(30,36)37/h5-7,9-10,12-15,22,25H,8,11,16-20H2,1-4H3,(H,31,35)(H,32,34)(H2,30,36,37)/t22-,25-/m0/s1. The molecule has 0 aliphatic rings. The SMILES string of the molecule is COc1ccc(OCCC[C@@H](CC(=O)OC(C)(C)C)C(=O)N[C@@H](Cc2ccccc2)C(=O)NCCS(N)(=O)=O)cc1. The quantitative estimate of drug-likeness (QED) is 0.198. The number of nitrogens with two attached hydrogens (primary N) is 1. The van der Waals surface area contributed by atoms with Crippen LogP contribution in [0, 0.1) is 5.92 Å². The molecule has 2 rings (SSSR count). The van der Waals surface area contributed by atoms with E-state index >= 15 is 0 Å². The summed E-state index contributed by atoms with van der Waals surface area (Å²) in [7, 11) is -2.20. The van der Waals surface area contributed by atoms with Crippen molar-refractivity contribution in [1.29, 1.82) is 0 Å². The minimum Gasteiger partial charge on any atom is -0.497 e. The maximum atomic E-state index is 13.4. The summed E-state index contributed by atoms with van der Waals surface area (Å²) >= 11 is 0. The fraction of sp³-hybridized carbons (Fsp3) is 0.483. The van der Waals surface area contributed by atoms with E-state index < -0.39 is 51.1 Å². The summed E-state index contributed by atoms with van der Waals surface area (Å²) < 4.78 is 38.9. The Morgan fingerprint density at radius 3 is 2.17 bits per heavy atom. The molecule has 0 unspecified atom stereocenters. The molecule has 0 spiro atoms. The van der Waals surface area contributed by atoms with E-state index in [1.807, 2.05) is 18.2 Å². The molecule has 2 atom stereocenters. The van der Waals surface area contributed by atoms with Crippen molar-refractivity contribution >= 4 is 27.8 Å². The number of rotatable bonds is 16. The van der Waals surface area contributed by atoms with E-state index in [4.69, 9.17) is 19.3 Å². The molecule has 0 aliphatic carbocycles. The highest BCUT2D eigenvalue weighted by atomic mass is 32.2. The van der Waals surface area contributed by atoms with Crippen molar-refractivity contribution in [2.24, 2.45) is 11.1 Å². The second-order valence-corrected chi connectivity index (χ2v) is 12.3. The minimum absolute atomic E-state index is 0.160. The first-order valence-electron chi connectivity index (χ1n) is 13.4. The number of esters is 1. The summed E-state index contributed by atoms with van der Waals surface area (Å²) in [6.07, 6.45) is 0.730. The lowest BCUT2D eigenvalue weighted by atomic mass is 9.97. The van der Waals surface area contributed by atoms with Crippen LogP contribution in [0.25, 0.3) is 0 Å². The third kappa shape index (κ3) is 14.0. The molecular formula is C29H41N3O8S. The Labute approximate surface area is 242 Å². The topological polar surface area (TPSA) is 163 Å². The molecular weight excluding hydrogens is 550 g/mol. The molecule has 2 aromatic rings. The summed E-state index contributed by atoms with van der Waals surface area (Å²) in [5, 5.41) is 10.3. The molecule has 226 valence electrons. The molecule has 0 fully saturated rings. The van der Waals surface area contributed by atoms with Crippen LogP contribution in [0.3, 0.4) is 0 Å². The van der Waals surface area contributed by atoms with Gasteiger partial charge in [0, 0.05) is 18.9 Å². The second-order valence-electron chi connectivity index (χ2n) is 10.6. The Bertz CT molecular complexity index is 1230. The molecule has 0 aliphatic heterocycles. The zero-order valence-corrected chi connectivity index (χ0v) is 24.9. The Hall–Kier alpha value is -3.64. The normalized spacial score (nSPS) is 13.0. The van der Waals surface area contributed by atoms with E-state index in [2.05, 4.69) is 10.6 Å². The fourth-order valence-corrected chi connectivity index (χ4v) is 4.28. The maximum absolute atomic E-state index is 13.4. The van der Waals surface area contributed by atoms with Crippen LogP contribution >= 0.6 is 0 Å². The molecule has 11 nitrogen and oxygen atoms in total. The molecule has 0 radical (unpaired) electrons. The number of ether oxygens (including phenoxy) is 3. The van der Waals surface area contributed by atoms with E-state index in [0.717, 1.165) is 5.56 Å². The Morgan fingerprint density at radius 2 is 1.59 bits per heavy atom. The van der Waals surface area contributed by atoms with Gasteiger partial charge >= 0.3 is 5.97 Å². The molecule has 2 aromatic carbocycles. The van der Waals surface area contributed by atoms with Gasteiger partial charge in [0.05, 0.1) is 25.9 Å². The summed E-state index contributed by atoms with van der Waals surface area (Å²) in [4.78, 5) is 39.1. The fourth-order valence-electron chi connectivity index (χ4n) is 3.89. The number of carbonyl (C=O) groups is 3. The van der Waals surface area contributed by atoms with E-state index in [-0.39, 0.29) is 19.4 Å². The van der Waals surface area contributed by atoms with Crippen molar-refractivity contribution in [2.45, 2.75) is 58.1 Å². The summed E-state index contributed by atoms with van der Waals surface area (Å²) in [6.45, 7) is 5.31. The second kappa shape index (κ2) is 16.0. The van der Waals surface area contributed by atoms with Gasteiger partial charge in [0.25, 0.3) is 0 Å². The molecule has 4 N–H and O–H groups in total. The lowest BCUT2D eigenvalue weighted by Gasteiger charge is -2.24. The average Bonchev–Trinajstić information content (AvgIpc) is 2.89. The Balaban J connectivity index is 2.11. The van der Waals surface area contributed by atoms with Crippen LogP contribution < -0.4 is 25.2 Å². The third-order valence-corrected chi connectivity index (χ3v) is 6.60. The number of sulfonamides is 1. The highest BCUT2D eigenvalue weighted by Crippen LogP contribution is 2.20. The summed E-state index contributed by atoms with van der Waals surface area (Å²) in [6, 6.07) is 15.1. The van der Waals surface area contributed by atoms with Crippen LogP contribution in [-0.2, 0) is 35.6 Å². The number of hydrogen-bond acceptors (Lipinski definition) is 8. The lowest BCUT2D eigenvalue weighted by molar-refractivity contribution is -0.157. The Morgan fingerprint density at radius 1 is 0.951 bits per heavy atom. The molecule has 0 aromatic heterocycles. The number of benzene rings is 2. The Kier molecular flexibility index (Phi) is 13.1. The van der Waals surface area contributed by atoms with Gasteiger partial charge in [-0.3, -0.25) is 14.4 Å². The largest absolute Gasteiger partial charge is 0.497 e. The van der Waals surface area contributed by atoms with Gasteiger partial charge in [-0.05, 0) is 63.4 Å². The van der Waals surface area contributed by atoms with Crippen LogP contribution in [0.5, 0.6) is 11.5 Å². The first kappa shape index (κ1) is 33.6. The van der Waals surface area contributed by atoms with Gasteiger partial charge in [0.15, 0.2) is 0 Å².